The van der Waals surface area contributed by atoms with Gasteiger partial charge in [0.2, 0.25) is 0 Å². The second-order valence-electron chi connectivity index (χ2n) is 4.62. The van der Waals surface area contributed by atoms with Crippen LogP contribution in [0.5, 0.6) is 0 Å². The van der Waals surface area contributed by atoms with Gasteiger partial charge in [-0.3, -0.25) is 4.98 Å². The Kier molecular flexibility index (Phi) is 4.57. The summed E-state index contributed by atoms with van der Waals surface area (Å²) in [7, 11) is -3.21. The molecule has 0 aliphatic carbocycles. The van der Waals surface area contributed by atoms with Gasteiger partial charge in [-0.15, -0.1) is 0 Å². The number of rotatable bonds is 4. The van der Waals surface area contributed by atoms with Crippen LogP contribution in [-0.2, 0) is 16.3 Å². The highest BCUT2D eigenvalue weighted by Gasteiger charge is 2.12. The molecule has 0 fully saturated rings. The molecule has 20 heavy (non-hydrogen) atoms. The van der Waals surface area contributed by atoms with E-state index in [0.717, 1.165) is 15.7 Å². The minimum atomic E-state index is -3.21. The Labute approximate surface area is 127 Å². The predicted octanol–water partition coefficient (Wildman–Crippen LogP) is 2.49. The first-order valence-electron chi connectivity index (χ1n) is 6.02. The van der Waals surface area contributed by atoms with Crippen LogP contribution in [-0.4, -0.2) is 19.7 Å². The second kappa shape index (κ2) is 6.03. The third-order valence-corrected chi connectivity index (χ3v) is 4.51. The number of pyridine rings is 1. The van der Waals surface area contributed by atoms with Gasteiger partial charge in [0.05, 0.1) is 4.90 Å². The molecule has 2 aromatic rings. The smallest absolute Gasteiger partial charge is 0.175 e. The van der Waals surface area contributed by atoms with Crippen molar-refractivity contribution in [2.75, 3.05) is 6.26 Å². The maximum atomic E-state index is 11.5. The summed E-state index contributed by atoms with van der Waals surface area (Å²) < 4.78 is 24.0. The fourth-order valence-corrected chi connectivity index (χ4v) is 2.76. The van der Waals surface area contributed by atoms with Crippen LogP contribution in [0.3, 0.4) is 0 Å². The zero-order valence-corrected chi connectivity index (χ0v) is 13.4. The highest BCUT2D eigenvalue weighted by atomic mass is 79.9. The van der Waals surface area contributed by atoms with E-state index in [1.807, 2.05) is 18.2 Å². The first-order valence-corrected chi connectivity index (χ1v) is 8.71. The maximum absolute atomic E-state index is 11.5. The Bertz CT molecular complexity index is 699. The summed E-state index contributed by atoms with van der Waals surface area (Å²) in [6.07, 6.45) is 3.46. The first kappa shape index (κ1) is 15.2. The largest absolute Gasteiger partial charge is 0.324 e. The van der Waals surface area contributed by atoms with E-state index < -0.39 is 9.84 Å². The van der Waals surface area contributed by atoms with E-state index in [-0.39, 0.29) is 10.9 Å². The summed E-state index contributed by atoms with van der Waals surface area (Å²) in [4.78, 5) is 4.56. The van der Waals surface area contributed by atoms with Gasteiger partial charge < -0.3 is 5.73 Å². The molecular weight excluding hydrogens is 340 g/mol. The monoisotopic (exact) mass is 354 g/mol. The molecule has 1 atom stereocenters. The van der Waals surface area contributed by atoms with Crippen LogP contribution in [0.25, 0.3) is 0 Å². The summed E-state index contributed by atoms with van der Waals surface area (Å²) in [5, 5.41) is 0. The summed E-state index contributed by atoms with van der Waals surface area (Å²) in [5.74, 6) is 0. The Hall–Kier alpha value is -1.24. The second-order valence-corrected chi connectivity index (χ2v) is 7.55. The number of sulfone groups is 1. The van der Waals surface area contributed by atoms with Gasteiger partial charge in [-0.05, 0) is 45.8 Å². The van der Waals surface area contributed by atoms with E-state index in [4.69, 9.17) is 5.73 Å². The van der Waals surface area contributed by atoms with Crippen molar-refractivity contribution >= 4 is 25.8 Å². The first-order chi connectivity index (χ1) is 9.36. The Morgan fingerprint density at radius 1 is 1.30 bits per heavy atom. The van der Waals surface area contributed by atoms with Gasteiger partial charge in [0.25, 0.3) is 0 Å². The standard InChI is InChI=1S/C14H15BrN2O2S/c1-20(18,19)13-4-2-3-10(7-13)14(16)8-12-6-5-11(15)9-17-12/h2-7,9,14H,8,16H2,1H3. The summed E-state index contributed by atoms with van der Waals surface area (Å²) in [5.41, 5.74) is 7.79. The lowest BCUT2D eigenvalue weighted by atomic mass is 10.0. The van der Waals surface area contributed by atoms with Crippen molar-refractivity contribution < 1.29 is 8.42 Å². The Morgan fingerprint density at radius 2 is 2.05 bits per heavy atom. The van der Waals surface area contributed by atoms with Crippen molar-refractivity contribution in [1.29, 1.82) is 0 Å². The highest BCUT2D eigenvalue weighted by Crippen LogP contribution is 2.19. The Balaban J connectivity index is 2.21. The van der Waals surface area contributed by atoms with E-state index >= 15 is 0 Å². The molecule has 2 rings (SSSR count). The predicted molar refractivity (Wildman–Crippen MR) is 82.1 cm³/mol. The van der Waals surface area contributed by atoms with E-state index in [1.54, 1.807) is 24.4 Å². The number of benzene rings is 1. The molecule has 1 unspecified atom stereocenters. The number of hydrogen-bond acceptors (Lipinski definition) is 4. The lowest BCUT2D eigenvalue weighted by molar-refractivity contribution is 0.601. The zero-order chi connectivity index (χ0) is 14.8. The molecule has 4 nitrogen and oxygen atoms in total. The molecule has 0 saturated carbocycles. The van der Waals surface area contributed by atoms with Crippen LogP contribution in [0.1, 0.15) is 17.3 Å². The molecule has 0 amide bonds. The van der Waals surface area contributed by atoms with Gasteiger partial charge >= 0.3 is 0 Å². The van der Waals surface area contributed by atoms with Crippen LogP contribution in [0.15, 0.2) is 52.0 Å². The van der Waals surface area contributed by atoms with Crippen LogP contribution < -0.4 is 5.73 Å². The summed E-state index contributed by atoms with van der Waals surface area (Å²) in [6, 6.07) is 10.2. The molecule has 0 bridgehead atoms. The van der Waals surface area contributed by atoms with Crippen molar-refractivity contribution in [2.45, 2.75) is 17.4 Å². The number of halogens is 1. The van der Waals surface area contributed by atoms with E-state index in [9.17, 15) is 8.42 Å². The van der Waals surface area contributed by atoms with Gasteiger partial charge in [-0.1, -0.05) is 12.1 Å². The fraction of sp³-hybridized carbons (Fsp3) is 0.214. The van der Waals surface area contributed by atoms with Crippen molar-refractivity contribution in [3.05, 3.63) is 58.3 Å². The van der Waals surface area contributed by atoms with Crippen molar-refractivity contribution in [2.24, 2.45) is 5.73 Å². The third-order valence-electron chi connectivity index (χ3n) is 2.93. The minimum Gasteiger partial charge on any atom is -0.324 e. The molecule has 1 heterocycles. The van der Waals surface area contributed by atoms with Crippen molar-refractivity contribution in [3.8, 4) is 0 Å². The number of hydrogen-bond donors (Lipinski definition) is 1. The normalized spacial score (nSPS) is 13.2. The number of nitrogens with two attached hydrogens (primary N) is 1. The molecule has 2 N–H and O–H groups in total. The molecule has 0 radical (unpaired) electrons. The number of nitrogens with zero attached hydrogens (tertiary/aromatic N) is 1. The van der Waals surface area contributed by atoms with Crippen molar-refractivity contribution in [3.63, 3.8) is 0 Å². The quantitative estimate of drug-likeness (QED) is 0.915. The average molecular weight is 355 g/mol. The molecule has 0 aliphatic heterocycles. The van der Waals surface area contributed by atoms with Crippen LogP contribution in [0, 0.1) is 0 Å². The molecule has 0 saturated heterocycles. The lowest BCUT2D eigenvalue weighted by Gasteiger charge is -2.12. The van der Waals surface area contributed by atoms with Crippen LogP contribution in [0.4, 0.5) is 0 Å². The Morgan fingerprint density at radius 3 is 2.65 bits per heavy atom. The highest BCUT2D eigenvalue weighted by molar-refractivity contribution is 9.10. The van der Waals surface area contributed by atoms with E-state index in [0.29, 0.717) is 6.42 Å². The van der Waals surface area contributed by atoms with E-state index in [1.165, 1.54) is 6.26 Å². The van der Waals surface area contributed by atoms with E-state index in [2.05, 4.69) is 20.9 Å². The third kappa shape index (κ3) is 3.88. The molecule has 0 aliphatic rings. The molecule has 0 spiro atoms. The van der Waals surface area contributed by atoms with Crippen molar-refractivity contribution in [1.82, 2.24) is 4.98 Å². The maximum Gasteiger partial charge on any atom is 0.175 e. The number of aromatic nitrogens is 1. The van der Waals surface area contributed by atoms with Gasteiger partial charge in [-0.25, -0.2) is 8.42 Å². The molecule has 6 heteroatoms. The molecule has 1 aromatic carbocycles. The molecular formula is C14H15BrN2O2S. The van der Waals surface area contributed by atoms with Gasteiger partial charge in [0, 0.05) is 35.1 Å². The minimum absolute atomic E-state index is 0.286. The molecule has 1 aromatic heterocycles. The topological polar surface area (TPSA) is 73.0 Å². The summed E-state index contributed by atoms with van der Waals surface area (Å²) in [6.45, 7) is 0. The zero-order valence-electron chi connectivity index (χ0n) is 11.0. The molecule has 106 valence electrons. The summed E-state index contributed by atoms with van der Waals surface area (Å²) >= 11 is 3.33. The SMILES string of the molecule is CS(=O)(=O)c1cccc(C(N)Cc2ccc(Br)cn2)c1. The van der Waals surface area contributed by atoms with Gasteiger partial charge in [0.15, 0.2) is 9.84 Å². The lowest BCUT2D eigenvalue weighted by Crippen LogP contribution is -2.14. The fourth-order valence-electron chi connectivity index (χ4n) is 1.85. The van der Waals surface area contributed by atoms with Crippen LogP contribution in [0.2, 0.25) is 0 Å². The van der Waals surface area contributed by atoms with Gasteiger partial charge in [-0.2, -0.15) is 0 Å². The van der Waals surface area contributed by atoms with Gasteiger partial charge in [0.1, 0.15) is 0 Å². The average Bonchev–Trinajstić information content (AvgIpc) is 2.40. The van der Waals surface area contributed by atoms with Crippen LogP contribution >= 0.6 is 15.9 Å².